The lowest BCUT2D eigenvalue weighted by Gasteiger charge is -2.32. The molecule has 1 aromatic carbocycles. The fourth-order valence-electron chi connectivity index (χ4n) is 3.81. The van der Waals surface area contributed by atoms with Crippen molar-refractivity contribution in [2.75, 3.05) is 13.1 Å². The van der Waals surface area contributed by atoms with Crippen LogP contribution in [-0.2, 0) is 13.0 Å². The monoisotopic (exact) mass is 332 g/mol. The van der Waals surface area contributed by atoms with Gasteiger partial charge in [0.15, 0.2) is 0 Å². The lowest BCUT2D eigenvalue weighted by molar-refractivity contribution is 0.198. The summed E-state index contributed by atoms with van der Waals surface area (Å²) in [6.07, 6.45) is 9.18. The number of rotatable bonds is 5. The van der Waals surface area contributed by atoms with Gasteiger partial charge in [0.2, 0.25) is 0 Å². The minimum atomic E-state index is 0.539. The van der Waals surface area contributed by atoms with Crippen molar-refractivity contribution in [1.82, 2.24) is 20.1 Å². The van der Waals surface area contributed by atoms with Crippen molar-refractivity contribution in [1.29, 1.82) is 0 Å². The van der Waals surface area contributed by atoms with E-state index in [1.807, 2.05) is 18.6 Å². The molecule has 1 fully saturated rings. The Hall–Kier alpha value is -2.46. The molecule has 25 heavy (non-hydrogen) atoms. The second-order valence-electron chi connectivity index (χ2n) is 6.90. The molecule has 1 atom stereocenters. The average molecular weight is 332 g/mol. The highest BCUT2D eigenvalue weighted by molar-refractivity contribution is 5.29. The van der Waals surface area contributed by atoms with Crippen molar-refractivity contribution >= 4 is 0 Å². The lowest BCUT2D eigenvalue weighted by atomic mass is 9.90. The predicted octanol–water partition coefficient (Wildman–Crippen LogP) is 3.78. The molecule has 128 valence electrons. The topological polar surface area (TPSA) is 44.8 Å². The van der Waals surface area contributed by atoms with Crippen LogP contribution in [0.2, 0.25) is 0 Å². The van der Waals surface area contributed by atoms with E-state index in [4.69, 9.17) is 0 Å². The van der Waals surface area contributed by atoms with Crippen molar-refractivity contribution in [2.45, 2.75) is 31.7 Å². The number of likely N-dealkylation sites (tertiary alicyclic amines) is 1. The van der Waals surface area contributed by atoms with Gasteiger partial charge in [-0.25, -0.2) is 0 Å². The Bertz CT molecular complexity index is 782. The molecular formula is C21H24N4. The number of nitrogens with one attached hydrogen (secondary N) is 1. The van der Waals surface area contributed by atoms with Gasteiger partial charge < -0.3 is 0 Å². The smallest absolute Gasteiger partial charge is 0.0525 e. The van der Waals surface area contributed by atoms with Crippen LogP contribution >= 0.6 is 0 Å². The Morgan fingerprint density at radius 2 is 1.88 bits per heavy atom. The van der Waals surface area contributed by atoms with Crippen molar-refractivity contribution in [3.05, 3.63) is 83.4 Å². The highest BCUT2D eigenvalue weighted by atomic mass is 15.2. The third kappa shape index (κ3) is 3.97. The number of benzene rings is 1. The zero-order valence-corrected chi connectivity index (χ0v) is 14.4. The molecular weight excluding hydrogens is 308 g/mol. The normalized spacial score (nSPS) is 18.3. The quantitative estimate of drug-likeness (QED) is 0.773. The van der Waals surface area contributed by atoms with Gasteiger partial charge in [0.1, 0.15) is 0 Å². The summed E-state index contributed by atoms with van der Waals surface area (Å²) in [6, 6.07) is 14.9. The van der Waals surface area contributed by atoms with E-state index in [9.17, 15) is 0 Å². The third-order valence-electron chi connectivity index (χ3n) is 5.06. The Kier molecular flexibility index (Phi) is 4.89. The van der Waals surface area contributed by atoms with Gasteiger partial charge in [0, 0.05) is 43.5 Å². The van der Waals surface area contributed by atoms with Crippen LogP contribution in [0.5, 0.6) is 0 Å². The van der Waals surface area contributed by atoms with E-state index in [0.29, 0.717) is 5.92 Å². The van der Waals surface area contributed by atoms with Gasteiger partial charge >= 0.3 is 0 Å². The van der Waals surface area contributed by atoms with Gasteiger partial charge in [-0.05, 0) is 48.2 Å². The Labute approximate surface area is 148 Å². The van der Waals surface area contributed by atoms with Gasteiger partial charge in [-0.1, -0.05) is 30.3 Å². The Balaban J connectivity index is 1.46. The minimum absolute atomic E-state index is 0.539. The minimum Gasteiger partial charge on any atom is -0.298 e. The molecule has 4 heteroatoms. The standard InChI is InChI=1S/C21H24N4/c1-2-5-17(6-3-1)13-20-14-23-24-21(20)19-7-4-12-25(16-19)15-18-8-10-22-11-9-18/h1-3,5-6,8-11,14,19H,4,7,12-13,15-16H2,(H,23,24). The van der Waals surface area contributed by atoms with Crippen LogP contribution in [0.4, 0.5) is 0 Å². The van der Waals surface area contributed by atoms with E-state index in [-0.39, 0.29) is 0 Å². The largest absolute Gasteiger partial charge is 0.298 e. The van der Waals surface area contributed by atoms with Gasteiger partial charge in [-0.15, -0.1) is 0 Å². The number of hydrogen-bond acceptors (Lipinski definition) is 3. The molecule has 0 aliphatic carbocycles. The molecule has 0 spiro atoms. The summed E-state index contributed by atoms with van der Waals surface area (Å²) in [4.78, 5) is 6.67. The zero-order valence-electron chi connectivity index (χ0n) is 14.4. The maximum absolute atomic E-state index is 4.35. The fourth-order valence-corrected chi connectivity index (χ4v) is 3.81. The molecule has 0 bridgehead atoms. The first-order valence-electron chi connectivity index (χ1n) is 9.06. The molecule has 1 N–H and O–H groups in total. The van der Waals surface area contributed by atoms with Gasteiger partial charge in [-0.2, -0.15) is 5.10 Å². The molecule has 1 unspecified atom stereocenters. The second kappa shape index (κ2) is 7.62. The Morgan fingerprint density at radius 1 is 1.04 bits per heavy atom. The number of H-pyrrole nitrogens is 1. The van der Waals surface area contributed by atoms with E-state index in [1.165, 1.54) is 41.8 Å². The molecule has 0 radical (unpaired) electrons. The SMILES string of the molecule is c1ccc(Cc2cn[nH]c2C2CCCN(Cc3ccncc3)C2)cc1. The van der Waals surface area contributed by atoms with Crippen LogP contribution in [-0.4, -0.2) is 33.2 Å². The maximum atomic E-state index is 4.35. The van der Waals surface area contributed by atoms with Crippen molar-refractivity contribution in [3.63, 3.8) is 0 Å². The van der Waals surface area contributed by atoms with Crippen LogP contribution in [0.15, 0.2) is 61.1 Å². The summed E-state index contributed by atoms with van der Waals surface area (Å²) in [6.45, 7) is 3.26. The first-order valence-corrected chi connectivity index (χ1v) is 9.06. The van der Waals surface area contributed by atoms with Crippen LogP contribution < -0.4 is 0 Å². The molecule has 0 amide bonds. The van der Waals surface area contributed by atoms with E-state index in [1.54, 1.807) is 0 Å². The molecule has 2 aromatic heterocycles. The molecule has 3 aromatic rings. The number of nitrogens with zero attached hydrogens (tertiary/aromatic N) is 3. The number of aromatic nitrogens is 3. The molecule has 0 saturated carbocycles. The summed E-state index contributed by atoms with van der Waals surface area (Å²) in [5, 5.41) is 7.64. The molecule has 1 aliphatic rings. The molecule has 4 rings (SSSR count). The zero-order chi connectivity index (χ0) is 16.9. The van der Waals surface area contributed by atoms with Crippen LogP contribution in [0.25, 0.3) is 0 Å². The maximum Gasteiger partial charge on any atom is 0.0525 e. The lowest BCUT2D eigenvalue weighted by Crippen LogP contribution is -2.34. The second-order valence-corrected chi connectivity index (χ2v) is 6.90. The predicted molar refractivity (Wildman–Crippen MR) is 99.3 cm³/mol. The fraction of sp³-hybridized carbons (Fsp3) is 0.333. The summed E-state index contributed by atoms with van der Waals surface area (Å²) in [5.74, 6) is 0.539. The van der Waals surface area contributed by atoms with Gasteiger partial charge in [0.25, 0.3) is 0 Å². The Morgan fingerprint density at radius 3 is 2.72 bits per heavy atom. The average Bonchev–Trinajstić information content (AvgIpc) is 3.12. The summed E-state index contributed by atoms with van der Waals surface area (Å²) >= 11 is 0. The number of aromatic amines is 1. The van der Waals surface area contributed by atoms with E-state index >= 15 is 0 Å². The summed E-state index contributed by atoms with van der Waals surface area (Å²) in [7, 11) is 0. The van der Waals surface area contributed by atoms with Gasteiger partial charge in [-0.3, -0.25) is 15.0 Å². The number of hydrogen-bond donors (Lipinski definition) is 1. The summed E-state index contributed by atoms with van der Waals surface area (Å²) < 4.78 is 0. The van der Waals surface area contributed by atoms with Crippen LogP contribution in [0.3, 0.4) is 0 Å². The first kappa shape index (κ1) is 16.0. The summed E-state index contributed by atoms with van der Waals surface area (Å²) in [5.41, 5.74) is 5.34. The first-order chi connectivity index (χ1) is 12.4. The third-order valence-corrected chi connectivity index (χ3v) is 5.06. The molecule has 4 nitrogen and oxygen atoms in total. The number of piperidine rings is 1. The highest BCUT2D eigenvalue weighted by Gasteiger charge is 2.24. The van der Waals surface area contributed by atoms with Crippen molar-refractivity contribution in [3.8, 4) is 0 Å². The molecule has 3 heterocycles. The van der Waals surface area contributed by atoms with E-state index in [2.05, 4.69) is 62.5 Å². The molecule has 1 saturated heterocycles. The van der Waals surface area contributed by atoms with Crippen molar-refractivity contribution in [2.24, 2.45) is 0 Å². The number of pyridine rings is 1. The van der Waals surface area contributed by atoms with Crippen molar-refractivity contribution < 1.29 is 0 Å². The molecule has 1 aliphatic heterocycles. The van der Waals surface area contributed by atoms with Crippen LogP contribution in [0, 0.1) is 0 Å². The highest BCUT2D eigenvalue weighted by Crippen LogP contribution is 2.29. The van der Waals surface area contributed by atoms with E-state index in [0.717, 1.165) is 19.5 Å². The van der Waals surface area contributed by atoms with Crippen LogP contribution in [0.1, 0.15) is 41.1 Å². The van der Waals surface area contributed by atoms with Gasteiger partial charge in [0.05, 0.1) is 6.20 Å². The van der Waals surface area contributed by atoms with E-state index < -0.39 is 0 Å².